The third-order valence-electron chi connectivity index (χ3n) is 2.21. The lowest BCUT2D eigenvalue weighted by Gasteiger charge is -2.21. The van der Waals surface area contributed by atoms with E-state index in [2.05, 4.69) is 0 Å². The molecule has 0 saturated carbocycles. The quantitative estimate of drug-likeness (QED) is 0.620. The van der Waals surface area contributed by atoms with Gasteiger partial charge in [0.05, 0.1) is 6.61 Å². The van der Waals surface area contributed by atoms with Gasteiger partial charge in [0, 0.05) is 19.3 Å². The first-order valence-electron chi connectivity index (χ1n) is 5.68. The molecule has 0 aliphatic heterocycles. The van der Waals surface area contributed by atoms with Crippen molar-refractivity contribution < 1.29 is 18.4 Å². The maximum absolute atomic E-state index is 11.9. The minimum absolute atomic E-state index is 0.154. The number of hydrogen-bond donors (Lipinski definition) is 0. The fourth-order valence-corrected chi connectivity index (χ4v) is 2.38. The molecule has 0 N–H and O–H groups in total. The summed E-state index contributed by atoms with van der Waals surface area (Å²) in [5.41, 5.74) is 0. The van der Waals surface area contributed by atoms with E-state index in [1.165, 1.54) is 0 Å². The van der Waals surface area contributed by atoms with Crippen molar-refractivity contribution in [3.63, 3.8) is 0 Å². The highest BCUT2D eigenvalue weighted by Gasteiger charge is 2.23. The Labute approximate surface area is 97.6 Å². The van der Waals surface area contributed by atoms with Gasteiger partial charge in [0.25, 0.3) is 0 Å². The van der Waals surface area contributed by atoms with Crippen molar-refractivity contribution in [2.45, 2.75) is 27.7 Å². The maximum Gasteiger partial charge on any atom is 0.330 e. The standard InChI is InChI=1S/C10H22NO4P/c1-5-11(6-2)10(12)9-15-16(13,8-4)14-7-3/h5-9H2,1-4H3. The number of likely N-dealkylation sites (N-methyl/N-ethyl adjacent to an activating group) is 1. The van der Waals surface area contributed by atoms with E-state index in [0.29, 0.717) is 19.7 Å². The van der Waals surface area contributed by atoms with Crippen LogP contribution in [0, 0.1) is 0 Å². The average molecular weight is 251 g/mol. The molecule has 0 heterocycles. The summed E-state index contributed by atoms with van der Waals surface area (Å²) in [6, 6.07) is 0. The Balaban J connectivity index is 4.21. The zero-order valence-corrected chi connectivity index (χ0v) is 11.5. The lowest BCUT2D eigenvalue weighted by atomic mass is 10.5. The van der Waals surface area contributed by atoms with E-state index in [9.17, 15) is 9.36 Å². The molecule has 0 aliphatic rings. The van der Waals surface area contributed by atoms with Gasteiger partial charge in [-0.15, -0.1) is 0 Å². The molecule has 0 aromatic carbocycles. The summed E-state index contributed by atoms with van der Waals surface area (Å²) in [7, 11) is -3.06. The zero-order chi connectivity index (χ0) is 12.6. The number of carbonyl (C=O) groups excluding carboxylic acids is 1. The summed E-state index contributed by atoms with van der Waals surface area (Å²) in [6.07, 6.45) is 0.284. The number of rotatable bonds is 8. The highest BCUT2D eigenvalue weighted by molar-refractivity contribution is 7.53. The van der Waals surface area contributed by atoms with Gasteiger partial charge < -0.3 is 9.42 Å². The summed E-state index contributed by atoms with van der Waals surface area (Å²) in [6.45, 7) is 8.66. The smallest absolute Gasteiger partial charge is 0.330 e. The summed E-state index contributed by atoms with van der Waals surface area (Å²) in [4.78, 5) is 13.2. The Morgan fingerprint density at radius 1 is 1.12 bits per heavy atom. The Bertz CT molecular complexity index is 253. The van der Waals surface area contributed by atoms with E-state index in [0.717, 1.165) is 0 Å². The van der Waals surface area contributed by atoms with Crippen molar-refractivity contribution in [1.82, 2.24) is 4.90 Å². The van der Waals surface area contributed by atoms with Gasteiger partial charge in [-0.2, -0.15) is 0 Å². The molecule has 0 aliphatic carbocycles. The predicted molar refractivity (Wildman–Crippen MR) is 63.7 cm³/mol. The van der Waals surface area contributed by atoms with E-state index in [-0.39, 0.29) is 18.7 Å². The van der Waals surface area contributed by atoms with Crippen LogP contribution in [0.4, 0.5) is 0 Å². The topological polar surface area (TPSA) is 55.8 Å². The van der Waals surface area contributed by atoms with Crippen LogP contribution in [0.25, 0.3) is 0 Å². The molecule has 0 radical (unpaired) electrons. The number of hydrogen-bond acceptors (Lipinski definition) is 4. The summed E-state index contributed by atoms with van der Waals surface area (Å²) in [5.74, 6) is -0.154. The molecule has 0 aromatic rings. The van der Waals surface area contributed by atoms with Gasteiger partial charge in [-0.1, -0.05) is 6.92 Å². The van der Waals surface area contributed by atoms with Gasteiger partial charge in [-0.05, 0) is 20.8 Å². The molecular weight excluding hydrogens is 229 g/mol. The van der Waals surface area contributed by atoms with Crippen molar-refractivity contribution in [3.05, 3.63) is 0 Å². The van der Waals surface area contributed by atoms with E-state index in [4.69, 9.17) is 9.05 Å². The van der Waals surface area contributed by atoms with Gasteiger partial charge >= 0.3 is 7.60 Å². The number of carbonyl (C=O) groups is 1. The van der Waals surface area contributed by atoms with Crippen molar-refractivity contribution in [1.29, 1.82) is 0 Å². The predicted octanol–water partition coefficient (Wildman–Crippen LogP) is 2.12. The molecule has 0 saturated heterocycles. The third-order valence-corrected chi connectivity index (χ3v) is 4.16. The Morgan fingerprint density at radius 2 is 1.69 bits per heavy atom. The van der Waals surface area contributed by atoms with Crippen molar-refractivity contribution >= 4 is 13.5 Å². The van der Waals surface area contributed by atoms with Crippen LogP contribution in [0.1, 0.15) is 27.7 Å². The minimum Gasteiger partial charge on any atom is -0.341 e. The fourth-order valence-electron chi connectivity index (χ4n) is 1.24. The van der Waals surface area contributed by atoms with E-state index in [1.54, 1.807) is 18.7 Å². The van der Waals surface area contributed by atoms with E-state index < -0.39 is 7.60 Å². The van der Waals surface area contributed by atoms with Crippen LogP contribution in [0.15, 0.2) is 0 Å². The van der Waals surface area contributed by atoms with Crippen LogP contribution in [0.5, 0.6) is 0 Å². The van der Waals surface area contributed by atoms with Gasteiger partial charge in [0.2, 0.25) is 5.91 Å². The maximum atomic E-state index is 11.9. The Kier molecular flexibility index (Phi) is 7.64. The summed E-state index contributed by atoms with van der Waals surface area (Å²) >= 11 is 0. The molecule has 1 atom stereocenters. The number of amides is 1. The zero-order valence-electron chi connectivity index (χ0n) is 10.6. The van der Waals surface area contributed by atoms with Crippen molar-refractivity contribution in [2.24, 2.45) is 0 Å². The first-order valence-corrected chi connectivity index (χ1v) is 7.41. The van der Waals surface area contributed by atoms with E-state index >= 15 is 0 Å². The molecule has 16 heavy (non-hydrogen) atoms. The Hall–Kier alpha value is -0.380. The van der Waals surface area contributed by atoms with Crippen molar-refractivity contribution in [3.8, 4) is 0 Å². The molecule has 5 nitrogen and oxygen atoms in total. The first kappa shape index (κ1) is 15.6. The average Bonchev–Trinajstić information content (AvgIpc) is 2.28. The molecule has 0 rings (SSSR count). The molecule has 1 unspecified atom stereocenters. The Morgan fingerprint density at radius 3 is 2.06 bits per heavy atom. The summed E-state index contributed by atoms with van der Waals surface area (Å²) < 4.78 is 22.0. The molecule has 6 heteroatoms. The van der Waals surface area contributed by atoms with Crippen LogP contribution in [-0.4, -0.2) is 43.3 Å². The monoisotopic (exact) mass is 251 g/mol. The van der Waals surface area contributed by atoms with Gasteiger partial charge in [0.15, 0.2) is 0 Å². The second-order valence-electron chi connectivity index (χ2n) is 3.18. The van der Waals surface area contributed by atoms with Crippen LogP contribution in [-0.2, 0) is 18.4 Å². The van der Waals surface area contributed by atoms with Crippen LogP contribution >= 0.6 is 7.60 Å². The molecule has 1 amide bonds. The minimum atomic E-state index is -3.06. The van der Waals surface area contributed by atoms with Crippen LogP contribution in [0.3, 0.4) is 0 Å². The third kappa shape index (κ3) is 5.10. The summed E-state index contributed by atoms with van der Waals surface area (Å²) in [5, 5.41) is 0. The molecular formula is C10H22NO4P. The van der Waals surface area contributed by atoms with Crippen LogP contribution < -0.4 is 0 Å². The molecule has 96 valence electrons. The normalized spacial score (nSPS) is 14.5. The van der Waals surface area contributed by atoms with Gasteiger partial charge in [-0.25, -0.2) is 0 Å². The second-order valence-corrected chi connectivity index (χ2v) is 5.56. The second kappa shape index (κ2) is 7.82. The SMILES string of the molecule is CCOP(=O)(CC)OCC(=O)N(CC)CC. The molecule has 0 fully saturated rings. The van der Waals surface area contributed by atoms with Crippen molar-refractivity contribution in [2.75, 3.05) is 32.5 Å². The first-order chi connectivity index (χ1) is 7.52. The highest BCUT2D eigenvalue weighted by Crippen LogP contribution is 2.47. The lowest BCUT2D eigenvalue weighted by Crippen LogP contribution is -2.33. The fraction of sp³-hybridized carbons (Fsp3) is 0.900. The van der Waals surface area contributed by atoms with Crippen LogP contribution in [0.2, 0.25) is 0 Å². The largest absolute Gasteiger partial charge is 0.341 e. The number of nitrogens with zero attached hydrogens (tertiary/aromatic N) is 1. The lowest BCUT2D eigenvalue weighted by molar-refractivity contribution is -0.133. The molecule has 0 spiro atoms. The van der Waals surface area contributed by atoms with Gasteiger partial charge in [0.1, 0.15) is 6.61 Å². The molecule has 0 aromatic heterocycles. The van der Waals surface area contributed by atoms with Gasteiger partial charge in [-0.3, -0.25) is 13.9 Å². The molecule has 0 bridgehead atoms. The highest BCUT2D eigenvalue weighted by atomic mass is 31.2. The van der Waals surface area contributed by atoms with E-state index in [1.807, 2.05) is 13.8 Å².